The zero-order valence-corrected chi connectivity index (χ0v) is 11.6. The van der Waals surface area contributed by atoms with Gasteiger partial charge in [0.2, 0.25) is 0 Å². The Labute approximate surface area is 115 Å². The van der Waals surface area contributed by atoms with Crippen molar-refractivity contribution in [1.82, 2.24) is 0 Å². The molecule has 6 heteroatoms. The number of carbonyl (C=O) groups excluding carboxylic acids is 1. The van der Waals surface area contributed by atoms with Gasteiger partial charge in [0.25, 0.3) is 0 Å². The molecule has 3 nitrogen and oxygen atoms in total. The van der Waals surface area contributed by atoms with E-state index in [0.29, 0.717) is 5.56 Å². The molecule has 2 N–H and O–H groups in total. The van der Waals surface area contributed by atoms with Crippen molar-refractivity contribution in [2.24, 2.45) is 5.73 Å². The van der Waals surface area contributed by atoms with Crippen molar-refractivity contribution < 1.29 is 22.7 Å². The second-order valence-electron chi connectivity index (χ2n) is 5.54. The van der Waals surface area contributed by atoms with Gasteiger partial charge in [-0.3, -0.25) is 4.79 Å². The molecule has 0 saturated carbocycles. The van der Waals surface area contributed by atoms with Crippen LogP contribution in [0.15, 0.2) is 24.3 Å². The summed E-state index contributed by atoms with van der Waals surface area (Å²) >= 11 is 0. The highest BCUT2D eigenvalue weighted by atomic mass is 19.4. The fraction of sp³-hybridized carbons (Fsp3) is 0.500. The van der Waals surface area contributed by atoms with Crippen LogP contribution in [-0.2, 0) is 22.1 Å². The summed E-state index contributed by atoms with van der Waals surface area (Å²) in [5, 5.41) is 0. The van der Waals surface area contributed by atoms with E-state index in [1.165, 1.54) is 12.1 Å². The van der Waals surface area contributed by atoms with E-state index in [1.54, 1.807) is 20.8 Å². The van der Waals surface area contributed by atoms with Crippen LogP contribution in [-0.4, -0.2) is 17.6 Å². The van der Waals surface area contributed by atoms with Gasteiger partial charge in [0.1, 0.15) is 11.6 Å². The van der Waals surface area contributed by atoms with E-state index in [1.807, 2.05) is 0 Å². The Balaban J connectivity index is 2.67. The largest absolute Gasteiger partial charge is 0.459 e. The summed E-state index contributed by atoms with van der Waals surface area (Å²) in [4.78, 5) is 11.7. The van der Waals surface area contributed by atoms with E-state index in [0.717, 1.165) is 12.1 Å². The molecule has 1 rings (SSSR count). The number of carbonyl (C=O) groups is 1. The van der Waals surface area contributed by atoms with Crippen molar-refractivity contribution in [3.8, 4) is 0 Å². The number of ether oxygens (including phenoxy) is 1. The summed E-state index contributed by atoms with van der Waals surface area (Å²) in [5.41, 5.74) is 4.86. The Bertz CT molecular complexity index is 461. The van der Waals surface area contributed by atoms with E-state index >= 15 is 0 Å². The SMILES string of the molecule is CC(C)(C)OC(=O)C(N)Cc1ccc(C(F)(F)F)cc1. The number of benzene rings is 1. The van der Waals surface area contributed by atoms with Crippen molar-refractivity contribution >= 4 is 5.97 Å². The highest BCUT2D eigenvalue weighted by Crippen LogP contribution is 2.29. The van der Waals surface area contributed by atoms with Crippen LogP contribution in [0.4, 0.5) is 13.2 Å². The Morgan fingerprint density at radius 2 is 1.70 bits per heavy atom. The van der Waals surface area contributed by atoms with E-state index in [2.05, 4.69) is 0 Å². The van der Waals surface area contributed by atoms with Crippen LogP contribution in [0.2, 0.25) is 0 Å². The van der Waals surface area contributed by atoms with Gasteiger partial charge in [0.15, 0.2) is 0 Å². The number of alkyl halides is 3. The fourth-order valence-electron chi connectivity index (χ4n) is 1.54. The number of rotatable bonds is 3. The number of hydrogen-bond donors (Lipinski definition) is 1. The lowest BCUT2D eigenvalue weighted by molar-refractivity contribution is -0.156. The molecule has 0 aliphatic carbocycles. The lowest BCUT2D eigenvalue weighted by atomic mass is 10.0. The monoisotopic (exact) mass is 289 g/mol. The van der Waals surface area contributed by atoms with Gasteiger partial charge < -0.3 is 10.5 Å². The molecular weight excluding hydrogens is 271 g/mol. The predicted molar refractivity (Wildman–Crippen MR) is 69.0 cm³/mol. The molecule has 0 aromatic heterocycles. The smallest absolute Gasteiger partial charge is 0.416 e. The molecular formula is C14H18F3NO2. The van der Waals surface area contributed by atoms with Gasteiger partial charge in [-0.2, -0.15) is 13.2 Å². The third-order valence-corrected chi connectivity index (χ3v) is 2.45. The standard InChI is InChI=1S/C14H18F3NO2/c1-13(2,3)20-12(19)11(18)8-9-4-6-10(7-5-9)14(15,16)17/h4-7,11H,8,18H2,1-3H3. The average molecular weight is 289 g/mol. The molecule has 0 amide bonds. The first kappa shape index (κ1) is 16.5. The minimum atomic E-state index is -4.37. The topological polar surface area (TPSA) is 52.3 Å². The lowest BCUT2D eigenvalue weighted by Gasteiger charge is -2.22. The molecule has 20 heavy (non-hydrogen) atoms. The van der Waals surface area contributed by atoms with Gasteiger partial charge in [-0.25, -0.2) is 0 Å². The summed E-state index contributed by atoms with van der Waals surface area (Å²) in [5.74, 6) is -0.572. The molecule has 0 fully saturated rings. The highest BCUT2D eigenvalue weighted by Gasteiger charge is 2.30. The molecule has 0 aliphatic rings. The van der Waals surface area contributed by atoms with Crippen molar-refractivity contribution in [2.75, 3.05) is 0 Å². The Hall–Kier alpha value is -1.56. The van der Waals surface area contributed by atoms with Gasteiger partial charge in [-0.05, 0) is 44.9 Å². The summed E-state index contributed by atoms with van der Waals surface area (Å²) in [6, 6.07) is 3.67. The summed E-state index contributed by atoms with van der Waals surface area (Å²) in [6.45, 7) is 5.15. The van der Waals surface area contributed by atoms with Gasteiger partial charge >= 0.3 is 12.1 Å². The maximum atomic E-state index is 12.4. The fourth-order valence-corrected chi connectivity index (χ4v) is 1.54. The normalized spacial score (nSPS) is 13.9. The molecule has 0 spiro atoms. The third-order valence-electron chi connectivity index (χ3n) is 2.45. The third kappa shape index (κ3) is 5.21. The lowest BCUT2D eigenvalue weighted by Crippen LogP contribution is -2.38. The maximum Gasteiger partial charge on any atom is 0.416 e. The molecule has 1 unspecified atom stereocenters. The molecule has 1 aromatic rings. The van der Waals surface area contributed by atoms with E-state index < -0.39 is 29.4 Å². The predicted octanol–water partition coefficient (Wildman–Crippen LogP) is 2.92. The van der Waals surface area contributed by atoms with Crippen molar-refractivity contribution in [3.63, 3.8) is 0 Å². The van der Waals surface area contributed by atoms with Crippen LogP contribution >= 0.6 is 0 Å². The van der Waals surface area contributed by atoms with Crippen LogP contribution in [0.3, 0.4) is 0 Å². The molecule has 0 aliphatic heterocycles. The summed E-state index contributed by atoms with van der Waals surface area (Å²) in [6.07, 6.45) is -4.24. The van der Waals surface area contributed by atoms with Crippen LogP contribution in [0.25, 0.3) is 0 Å². The zero-order chi connectivity index (χ0) is 15.6. The minimum Gasteiger partial charge on any atom is -0.459 e. The molecule has 0 bridgehead atoms. The zero-order valence-electron chi connectivity index (χ0n) is 11.6. The quantitative estimate of drug-likeness (QED) is 0.870. The molecule has 112 valence electrons. The number of esters is 1. The van der Waals surface area contributed by atoms with Gasteiger partial charge in [-0.1, -0.05) is 12.1 Å². The minimum absolute atomic E-state index is 0.132. The van der Waals surface area contributed by atoms with Crippen molar-refractivity contribution in [2.45, 2.75) is 45.0 Å². The second-order valence-corrected chi connectivity index (χ2v) is 5.54. The number of nitrogens with two attached hydrogens (primary N) is 1. The molecule has 1 aromatic carbocycles. The maximum absolute atomic E-state index is 12.4. The van der Waals surface area contributed by atoms with E-state index in [4.69, 9.17) is 10.5 Å². The number of halogens is 3. The van der Waals surface area contributed by atoms with Gasteiger partial charge in [0.05, 0.1) is 5.56 Å². The summed E-state index contributed by atoms with van der Waals surface area (Å²) < 4.78 is 42.3. The first-order valence-corrected chi connectivity index (χ1v) is 6.13. The Morgan fingerprint density at radius 3 is 2.10 bits per heavy atom. The number of hydrogen-bond acceptors (Lipinski definition) is 3. The first-order chi connectivity index (χ1) is 8.99. The molecule has 0 heterocycles. The summed E-state index contributed by atoms with van der Waals surface area (Å²) in [7, 11) is 0. The van der Waals surface area contributed by atoms with Crippen LogP contribution < -0.4 is 5.73 Å². The Morgan fingerprint density at radius 1 is 1.20 bits per heavy atom. The average Bonchev–Trinajstić information content (AvgIpc) is 2.26. The second kappa shape index (κ2) is 5.83. The van der Waals surface area contributed by atoms with E-state index in [-0.39, 0.29) is 6.42 Å². The highest BCUT2D eigenvalue weighted by molar-refractivity contribution is 5.76. The van der Waals surface area contributed by atoms with Crippen LogP contribution in [0.1, 0.15) is 31.9 Å². The van der Waals surface area contributed by atoms with Crippen molar-refractivity contribution in [3.05, 3.63) is 35.4 Å². The molecule has 0 saturated heterocycles. The van der Waals surface area contributed by atoms with Gasteiger partial charge in [-0.15, -0.1) is 0 Å². The Kier molecular flexibility index (Phi) is 4.81. The molecule has 1 atom stereocenters. The van der Waals surface area contributed by atoms with Crippen LogP contribution in [0, 0.1) is 0 Å². The molecule has 0 radical (unpaired) electrons. The van der Waals surface area contributed by atoms with Gasteiger partial charge in [0, 0.05) is 0 Å². The van der Waals surface area contributed by atoms with Crippen molar-refractivity contribution in [1.29, 1.82) is 0 Å². The van der Waals surface area contributed by atoms with Crippen LogP contribution in [0.5, 0.6) is 0 Å². The van der Waals surface area contributed by atoms with E-state index in [9.17, 15) is 18.0 Å². The first-order valence-electron chi connectivity index (χ1n) is 6.13.